The molecule has 0 saturated carbocycles. The van der Waals surface area contributed by atoms with Crippen LogP contribution in [0.3, 0.4) is 0 Å². The molecule has 0 saturated heterocycles. The van der Waals surface area contributed by atoms with Gasteiger partial charge in [0.05, 0.1) is 4.88 Å². The number of rotatable bonds is 5. The van der Waals surface area contributed by atoms with E-state index in [1.54, 1.807) is 12.1 Å². The van der Waals surface area contributed by atoms with Crippen LogP contribution in [0.1, 0.15) is 42.3 Å². The number of hydrogen-bond donors (Lipinski definition) is 3. The maximum atomic E-state index is 11.6. The summed E-state index contributed by atoms with van der Waals surface area (Å²) in [6.07, 6.45) is 3.36. The zero-order chi connectivity index (χ0) is 14.1. The second-order valence-electron chi connectivity index (χ2n) is 3.89. The summed E-state index contributed by atoms with van der Waals surface area (Å²) < 4.78 is 0. The first kappa shape index (κ1) is 15.6. The quantitative estimate of drug-likeness (QED) is 0.442. The molecule has 3 N–H and O–H groups in total. The Kier molecular flexibility index (Phi) is 7.06. The third-order valence-corrected chi connectivity index (χ3v) is 3.37. The third-order valence-electron chi connectivity index (χ3n) is 2.29. The number of thiocarbonyl (C=S) groups is 1. The van der Waals surface area contributed by atoms with E-state index < -0.39 is 0 Å². The van der Waals surface area contributed by atoms with Gasteiger partial charge < -0.3 is 5.32 Å². The molecule has 0 aliphatic carbocycles. The summed E-state index contributed by atoms with van der Waals surface area (Å²) in [7, 11) is 0. The SMILES string of the molecule is CCCCCC(=O)NC(=S)NNC(=O)c1cccs1. The van der Waals surface area contributed by atoms with Crippen molar-refractivity contribution >= 4 is 40.5 Å². The maximum Gasteiger partial charge on any atom is 0.279 e. The molecule has 0 atom stereocenters. The highest BCUT2D eigenvalue weighted by atomic mass is 32.1. The number of carbonyl (C=O) groups excluding carboxylic acids is 2. The van der Waals surface area contributed by atoms with Crippen LogP contribution in [0.25, 0.3) is 0 Å². The van der Waals surface area contributed by atoms with Crippen molar-refractivity contribution in [2.75, 3.05) is 0 Å². The summed E-state index contributed by atoms with van der Waals surface area (Å²) in [6, 6.07) is 3.49. The summed E-state index contributed by atoms with van der Waals surface area (Å²) >= 11 is 6.23. The molecule has 0 spiro atoms. The molecule has 0 bridgehead atoms. The predicted molar refractivity (Wildman–Crippen MR) is 79.8 cm³/mol. The van der Waals surface area contributed by atoms with Crippen LogP contribution in [0.15, 0.2) is 17.5 Å². The number of amides is 2. The highest BCUT2D eigenvalue weighted by molar-refractivity contribution is 7.80. The molecule has 1 aromatic rings. The standard InChI is InChI=1S/C12H17N3O2S2/c1-2-3-4-7-10(16)13-12(18)15-14-11(17)9-6-5-8-19-9/h5-6,8H,2-4,7H2,1H3,(H,14,17)(H2,13,15,16,18). The van der Waals surface area contributed by atoms with E-state index in [0.29, 0.717) is 11.3 Å². The van der Waals surface area contributed by atoms with E-state index in [2.05, 4.69) is 23.1 Å². The van der Waals surface area contributed by atoms with Crippen molar-refractivity contribution < 1.29 is 9.59 Å². The minimum Gasteiger partial charge on any atom is -0.302 e. The molecule has 0 aromatic carbocycles. The smallest absolute Gasteiger partial charge is 0.279 e. The fourth-order valence-corrected chi connectivity index (χ4v) is 2.12. The van der Waals surface area contributed by atoms with Crippen LogP contribution in [-0.2, 0) is 4.79 Å². The van der Waals surface area contributed by atoms with Gasteiger partial charge in [-0.3, -0.25) is 20.4 Å². The second kappa shape index (κ2) is 8.60. The Balaban J connectivity index is 2.20. The normalized spacial score (nSPS) is 9.74. The van der Waals surface area contributed by atoms with E-state index in [-0.39, 0.29) is 16.9 Å². The highest BCUT2D eigenvalue weighted by Crippen LogP contribution is 2.06. The van der Waals surface area contributed by atoms with Crippen LogP contribution in [0, 0.1) is 0 Å². The third kappa shape index (κ3) is 6.30. The minimum atomic E-state index is -0.280. The van der Waals surface area contributed by atoms with Gasteiger partial charge in [-0.05, 0) is 30.1 Å². The lowest BCUT2D eigenvalue weighted by molar-refractivity contribution is -0.119. The molecule has 7 heteroatoms. The highest BCUT2D eigenvalue weighted by Gasteiger charge is 2.07. The van der Waals surface area contributed by atoms with Gasteiger partial charge in [-0.25, -0.2) is 0 Å². The Morgan fingerprint density at radius 1 is 1.32 bits per heavy atom. The number of carbonyl (C=O) groups is 2. The number of thiophene rings is 1. The first-order chi connectivity index (χ1) is 9.13. The van der Waals surface area contributed by atoms with Crippen LogP contribution >= 0.6 is 23.6 Å². The minimum absolute atomic E-state index is 0.103. The fraction of sp³-hybridized carbons (Fsp3) is 0.417. The van der Waals surface area contributed by atoms with Gasteiger partial charge in [0.1, 0.15) is 0 Å². The molecule has 0 aliphatic rings. The molecular weight excluding hydrogens is 282 g/mol. The van der Waals surface area contributed by atoms with Gasteiger partial charge >= 0.3 is 0 Å². The summed E-state index contributed by atoms with van der Waals surface area (Å²) in [5.74, 6) is -0.422. The van der Waals surface area contributed by atoms with Crippen LogP contribution < -0.4 is 16.2 Å². The summed E-state index contributed by atoms with van der Waals surface area (Å²) in [5.41, 5.74) is 4.92. The predicted octanol–water partition coefficient (Wildman–Crippen LogP) is 1.96. The van der Waals surface area contributed by atoms with E-state index in [1.165, 1.54) is 11.3 Å². The Labute approximate surface area is 121 Å². The Bertz CT molecular complexity index is 432. The van der Waals surface area contributed by atoms with Crippen molar-refractivity contribution in [1.82, 2.24) is 16.2 Å². The number of unbranched alkanes of at least 4 members (excludes halogenated alkanes) is 2. The molecule has 1 heterocycles. The largest absolute Gasteiger partial charge is 0.302 e. The summed E-state index contributed by atoms with van der Waals surface area (Å²) in [6.45, 7) is 2.07. The van der Waals surface area contributed by atoms with Crippen molar-refractivity contribution in [2.45, 2.75) is 32.6 Å². The first-order valence-corrected chi connectivity index (χ1v) is 7.36. The first-order valence-electron chi connectivity index (χ1n) is 6.07. The van der Waals surface area contributed by atoms with Gasteiger partial charge in [0.2, 0.25) is 5.91 Å². The Hall–Kier alpha value is -1.47. The lowest BCUT2D eigenvalue weighted by atomic mass is 10.2. The lowest BCUT2D eigenvalue weighted by Crippen LogP contribution is -2.48. The second-order valence-corrected chi connectivity index (χ2v) is 5.25. The van der Waals surface area contributed by atoms with Gasteiger partial charge in [0, 0.05) is 6.42 Å². The van der Waals surface area contributed by atoms with Gasteiger partial charge in [0.15, 0.2) is 5.11 Å². The van der Waals surface area contributed by atoms with E-state index >= 15 is 0 Å². The monoisotopic (exact) mass is 299 g/mol. The van der Waals surface area contributed by atoms with Crippen molar-refractivity contribution in [1.29, 1.82) is 0 Å². The summed E-state index contributed by atoms with van der Waals surface area (Å²) in [4.78, 5) is 23.6. The van der Waals surface area contributed by atoms with Crippen LogP contribution in [0.5, 0.6) is 0 Å². The molecule has 0 fully saturated rings. The van der Waals surface area contributed by atoms with Crippen molar-refractivity contribution in [3.8, 4) is 0 Å². The zero-order valence-electron chi connectivity index (χ0n) is 10.7. The topological polar surface area (TPSA) is 70.2 Å². The average Bonchev–Trinajstić information content (AvgIpc) is 2.90. The Morgan fingerprint density at radius 3 is 2.74 bits per heavy atom. The van der Waals surface area contributed by atoms with E-state index in [0.717, 1.165) is 19.3 Å². The van der Waals surface area contributed by atoms with Crippen LogP contribution in [0.4, 0.5) is 0 Å². The molecule has 5 nitrogen and oxygen atoms in total. The van der Waals surface area contributed by atoms with Crippen LogP contribution in [0.2, 0.25) is 0 Å². The number of hydrazine groups is 1. The molecule has 0 unspecified atom stereocenters. The van der Waals surface area contributed by atoms with Gasteiger partial charge in [0.25, 0.3) is 5.91 Å². The van der Waals surface area contributed by atoms with Crippen LogP contribution in [-0.4, -0.2) is 16.9 Å². The van der Waals surface area contributed by atoms with Crippen molar-refractivity contribution in [3.05, 3.63) is 22.4 Å². The maximum absolute atomic E-state index is 11.6. The molecule has 1 rings (SSSR count). The molecular formula is C12H17N3O2S2. The van der Waals surface area contributed by atoms with Crippen molar-refractivity contribution in [2.24, 2.45) is 0 Å². The molecule has 1 aromatic heterocycles. The van der Waals surface area contributed by atoms with E-state index in [1.807, 2.05) is 5.38 Å². The molecule has 19 heavy (non-hydrogen) atoms. The molecule has 0 aliphatic heterocycles. The van der Waals surface area contributed by atoms with Gasteiger partial charge in [-0.2, -0.15) is 0 Å². The molecule has 0 radical (unpaired) electrons. The number of hydrogen-bond acceptors (Lipinski definition) is 4. The average molecular weight is 299 g/mol. The molecule has 104 valence electrons. The van der Waals surface area contributed by atoms with E-state index in [9.17, 15) is 9.59 Å². The fourth-order valence-electron chi connectivity index (χ4n) is 1.34. The number of nitrogens with one attached hydrogen (secondary N) is 3. The lowest BCUT2D eigenvalue weighted by Gasteiger charge is -2.09. The Morgan fingerprint density at radius 2 is 2.11 bits per heavy atom. The van der Waals surface area contributed by atoms with Gasteiger partial charge in [-0.1, -0.05) is 25.8 Å². The molecule has 2 amide bonds. The van der Waals surface area contributed by atoms with Crippen molar-refractivity contribution in [3.63, 3.8) is 0 Å². The zero-order valence-corrected chi connectivity index (χ0v) is 12.3. The van der Waals surface area contributed by atoms with E-state index in [4.69, 9.17) is 12.2 Å². The van der Waals surface area contributed by atoms with Gasteiger partial charge in [-0.15, -0.1) is 11.3 Å². The summed E-state index contributed by atoms with van der Waals surface area (Å²) in [5, 5.41) is 4.42.